The molecule has 0 aliphatic heterocycles. The number of halogens is 1. The summed E-state index contributed by atoms with van der Waals surface area (Å²) in [4.78, 5) is 0. The van der Waals surface area contributed by atoms with Crippen molar-refractivity contribution in [2.75, 3.05) is 0 Å². The van der Waals surface area contributed by atoms with Crippen molar-refractivity contribution < 1.29 is 12.4 Å². The Morgan fingerprint density at radius 3 is 1.83 bits per heavy atom. The van der Waals surface area contributed by atoms with Gasteiger partial charge >= 0.3 is 23.1 Å². The summed E-state index contributed by atoms with van der Waals surface area (Å²) < 4.78 is 0. The van der Waals surface area contributed by atoms with E-state index in [4.69, 9.17) is 0 Å². The number of rotatable bonds is 6. The Bertz CT molecular complexity index is 92.0. The Labute approximate surface area is 99.1 Å². The first kappa shape index (κ1) is 18.3. The zero-order valence-corrected chi connectivity index (χ0v) is 9.94. The maximum atomic E-state index is 3.82. The van der Waals surface area contributed by atoms with Gasteiger partial charge in [0.2, 0.25) is 0 Å². The van der Waals surface area contributed by atoms with Crippen molar-refractivity contribution in [1.29, 1.82) is 0 Å². The zero-order valence-electron chi connectivity index (χ0n) is 7.77. The van der Waals surface area contributed by atoms with Crippen LogP contribution in [0.3, 0.4) is 0 Å². The minimum atomic E-state index is 0. The SMILES string of the molecule is C=CCC(CC=C)CC[CH2-].[Cl-].[Mg+2]. The van der Waals surface area contributed by atoms with Gasteiger partial charge in [-0.25, -0.2) is 0 Å². The Hall–Kier alpha value is 0.536. The first-order valence-corrected chi connectivity index (χ1v) is 3.86. The van der Waals surface area contributed by atoms with Gasteiger partial charge in [-0.15, -0.1) is 13.2 Å². The van der Waals surface area contributed by atoms with Crippen LogP contribution in [0.2, 0.25) is 0 Å². The van der Waals surface area contributed by atoms with Gasteiger partial charge in [-0.1, -0.05) is 18.6 Å². The van der Waals surface area contributed by atoms with E-state index in [0.717, 1.165) is 25.2 Å². The predicted octanol–water partition coefficient (Wildman–Crippen LogP) is -0.00771. The summed E-state index contributed by atoms with van der Waals surface area (Å²) in [6.45, 7) is 11.2. The first-order chi connectivity index (χ1) is 4.85. The topological polar surface area (TPSA) is 0 Å². The van der Waals surface area contributed by atoms with Crippen molar-refractivity contribution in [2.45, 2.75) is 25.7 Å². The molecule has 0 aromatic heterocycles. The normalized spacial score (nSPS) is 8.17. The molecule has 0 spiro atoms. The van der Waals surface area contributed by atoms with E-state index in [1.54, 1.807) is 0 Å². The van der Waals surface area contributed by atoms with Gasteiger partial charge in [-0.3, -0.25) is 0 Å². The average molecular weight is 197 g/mol. The molecule has 0 aromatic rings. The van der Waals surface area contributed by atoms with Crippen molar-refractivity contribution >= 4 is 23.1 Å². The van der Waals surface area contributed by atoms with E-state index in [0.29, 0.717) is 0 Å². The van der Waals surface area contributed by atoms with Crippen LogP contribution in [0, 0.1) is 12.8 Å². The maximum absolute atomic E-state index is 3.82. The second-order valence-electron chi connectivity index (χ2n) is 2.56. The quantitative estimate of drug-likeness (QED) is 0.319. The third-order valence-corrected chi connectivity index (χ3v) is 1.61. The summed E-state index contributed by atoms with van der Waals surface area (Å²) in [6, 6.07) is 0. The molecule has 66 valence electrons. The Balaban J connectivity index is -0.000000405. The van der Waals surface area contributed by atoms with E-state index in [1.807, 2.05) is 12.2 Å². The van der Waals surface area contributed by atoms with Gasteiger partial charge in [-0.2, -0.15) is 6.42 Å². The summed E-state index contributed by atoms with van der Waals surface area (Å²) in [6.07, 6.45) is 8.36. The molecule has 0 saturated carbocycles. The van der Waals surface area contributed by atoms with Crippen molar-refractivity contribution in [3.05, 3.63) is 32.2 Å². The van der Waals surface area contributed by atoms with Crippen LogP contribution >= 0.6 is 0 Å². The molecule has 0 amide bonds. The summed E-state index contributed by atoms with van der Waals surface area (Å²) in [5, 5.41) is 0. The fourth-order valence-corrected chi connectivity index (χ4v) is 1.09. The van der Waals surface area contributed by atoms with Gasteiger partial charge < -0.3 is 19.3 Å². The van der Waals surface area contributed by atoms with Gasteiger partial charge in [0.05, 0.1) is 0 Å². The fourth-order valence-electron chi connectivity index (χ4n) is 1.09. The van der Waals surface area contributed by atoms with E-state index < -0.39 is 0 Å². The van der Waals surface area contributed by atoms with Crippen molar-refractivity contribution in [3.63, 3.8) is 0 Å². The summed E-state index contributed by atoms with van der Waals surface area (Å²) in [7, 11) is 0. The molecule has 0 aliphatic carbocycles. The molecule has 0 aromatic carbocycles. The van der Waals surface area contributed by atoms with Gasteiger partial charge in [-0.05, 0) is 18.8 Å². The van der Waals surface area contributed by atoms with Crippen LogP contribution in [0.25, 0.3) is 0 Å². The molecular formula is C10H17ClMg. The predicted molar refractivity (Wildman–Crippen MR) is 53.5 cm³/mol. The van der Waals surface area contributed by atoms with Crippen molar-refractivity contribution in [3.8, 4) is 0 Å². The van der Waals surface area contributed by atoms with Crippen LogP contribution in [0.4, 0.5) is 0 Å². The van der Waals surface area contributed by atoms with Gasteiger partial charge in [0.1, 0.15) is 0 Å². The Morgan fingerprint density at radius 1 is 1.17 bits per heavy atom. The van der Waals surface area contributed by atoms with E-state index in [9.17, 15) is 0 Å². The van der Waals surface area contributed by atoms with Crippen LogP contribution < -0.4 is 12.4 Å². The average Bonchev–Trinajstić information content (AvgIpc) is 1.90. The zero-order chi connectivity index (χ0) is 7.82. The molecule has 0 radical (unpaired) electrons. The van der Waals surface area contributed by atoms with Crippen LogP contribution in [-0.4, -0.2) is 23.1 Å². The second-order valence-corrected chi connectivity index (χ2v) is 2.56. The third kappa shape index (κ3) is 10.5. The number of hydrogen-bond donors (Lipinski definition) is 0. The number of allylic oxidation sites excluding steroid dienone is 2. The van der Waals surface area contributed by atoms with Crippen LogP contribution in [-0.2, 0) is 0 Å². The molecule has 0 N–H and O–H groups in total. The standard InChI is InChI=1S/C10H17.ClH.Mg/c1-4-7-10(8-5-2)9-6-3;;/h4-5,10H,1-3,6-9H2;1H;/q-1;;+2/p-1. The van der Waals surface area contributed by atoms with E-state index in [2.05, 4.69) is 20.1 Å². The first-order valence-electron chi connectivity index (χ1n) is 3.86. The molecule has 0 rings (SSSR count). The smallest absolute Gasteiger partial charge is 1.00 e. The number of hydrogen-bond acceptors (Lipinski definition) is 0. The molecule has 0 atom stereocenters. The Morgan fingerprint density at radius 2 is 1.58 bits per heavy atom. The molecule has 0 heterocycles. The minimum Gasteiger partial charge on any atom is -1.00 e. The van der Waals surface area contributed by atoms with E-state index in [1.165, 1.54) is 6.42 Å². The monoisotopic (exact) mass is 196 g/mol. The summed E-state index contributed by atoms with van der Waals surface area (Å²) in [5.74, 6) is 0.729. The molecule has 0 unspecified atom stereocenters. The molecule has 0 saturated heterocycles. The van der Waals surface area contributed by atoms with E-state index >= 15 is 0 Å². The molecule has 0 aliphatic rings. The molecule has 0 nitrogen and oxygen atoms in total. The summed E-state index contributed by atoms with van der Waals surface area (Å²) in [5.41, 5.74) is 0. The van der Waals surface area contributed by atoms with Crippen molar-refractivity contribution in [2.24, 2.45) is 5.92 Å². The second kappa shape index (κ2) is 14.1. The van der Waals surface area contributed by atoms with Crippen molar-refractivity contribution in [1.82, 2.24) is 0 Å². The minimum absolute atomic E-state index is 0. The third-order valence-electron chi connectivity index (χ3n) is 1.61. The Kier molecular flexibility index (Phi) is 21.5. The fraction of sp³-hybridized carbons (Fsp3) is 0.500. The van der Waals surface area contributed by atoms with Crippen LogP contribution in [0.1, 0.15) is 25.7 Å². The van der Waals surface area contributed by atoms with Crippen LogP contribution in [0.5, 0.6) is 0 Å². The molecule has 2 heteroatoms. The molecule has 0 bridgehead atoms. The maximum Gasteiger partial charge on any atom is 2.00 e. The van der Waals surface area contributed by atoms with Gasteiger partial charge in [0, 0.05) is 0 Å². The van der Waals surface area contributed by atoms with Crippen LogP contribution in [0.15, 0.2) is 25.3 Å². The largest absolute Gasteiger partial charge is 2.00 e. The van der Waals surface area contributed by atoms with Gasteiger partial charge in [0.25, 0.3) is 0 Å². The van der Waals surface area contributed by atoms with Gasteiger partial charge in [0.15, 0.2) is 0 Å². The molecule has 12 heavy (non-hydrogen) atoms. The molecular weight excluding hydrogens is 180 g/mol. The summed E-state index contributed by atoms with van der Waals surface area (Å²) >= 11 is 0. The molecule has 0 fully saturated rings. The van der Waals surface area contributed by atoms with E-state index in [-0.39, 0.29) is 35.5 Å².